The van der Waals surface area contributed by atoms with E-state index in [-0.39, 0.29) is 0 Å². The van der Waals surface area contributed by atoms with Crippen LogP contribution >= 0.6 is 0 Å². The van der Waals surface area contributed by atoms with Crippen LogP contribution in [0, 0.1) is 13.8 Å². The topological polar surface area (TPSA) is 18.5 Å². The van der Waals surface area contributed by atoms with E-state index < -0.39 is 0 Å². The first-order chi connectivity index (χ1) is 10.1. The van der Waals surface area contributed by atoms with Crippen molar-refractivity contribution in [3.8, 4) is 0 Å². The number of piperazine rings is 1. The van der Waals surface area contributed by atoms with Crippen LogP contribution in [0.25, 0.3) is 0 Å². The summed E-state index contributed by atoms with van der Waals surface area (Å²) in [5.74, 6) is 0. The maximum atomic E-state index is 4.17. The molecule has 1 heterocycles. The van der Waals surface area contributed by atoms with E-state index in [0.29, 0.717) is 0 Å². The summed E-state index contributed by atoms with van der Waals surface area (Å²) in [5, 5.41) is 3.35. The Labute approximate surface area is 129 Å². The summed E-state index contributed by atoms with van der Waals surface area (Å²) >= 11 is 0. The molecule has 0 radical (unpaired) electrons. The number of aryl methyl sites for hydroxylation is 1. The molecule has 1 aliphatic rings. The summed E-state index contributed by atoms with van der Waals surface area (Å²) in [6, 6.07) is 6.62. The van der Waals surface area contributed by atoms with E-state index >= 15 is 0 Å². The van der Waals surface area contributed by atoms with E-state index in [9.17, 15) is 0 Å². The molecule has 1 fully saturated rings. The van der Waals surface area contributed by atoms with Gasteiger partial charge in [0.2, 0.25) is 0 Å². The number of hydrogen-bond acceptors (Lipinski definition) is 3. The average molecular weight is 287 g/mol. The van der Waals surface area contributed by atoms with Gasteiger partial charge >= 0.3 is 0 Å². The lowest BCUT2D eigenvalue weighted by Crippen LogP contribution is -2.47. The Balaban J connectivity index is 1.86. The molecule has 0 spiro atoms. The highest BCUT2D eigenvalue weighted by molar-refractivity contribution is 5.56. The molecule has 0 amide bonds. The van der Waals surface area contributed by atoms with Crippen molar-refractivity contribution < 1.29 is 0 Å². The van der Waals surface area contributed by atoms with Gasteiger partial charge in [-0.05, 0) is 43.2 Å². The number of anilines is 1. The van der Waals surface area contributed by atoms with Crippen molar-refractivity contribution >= 4 is 5.69 Å². The molecule has 1 saturated heterocycles. The Bertz CT molecular complexity index is 473. The molecule has 21 heavy (non-hydrogen) atoms. The Kier molecular flexibility index (Phi) is 5.83. The minimum Gasteiger partial charge on any atom is -0.369 e. The van der Waals surface area contributed by atoms with Crippen LogP contribution < -0.4 is 10.2 Å². The van der Waals surface area contributed by atoms with Gasteiger partial charge in [0.05, 0.1) is 0 Å². The van der Waals surface area contributed by atoms with Gasteiger partial charge in [0.15, 0.2) is 0 Å². The van der Waals surface area contributed by atoms with Crippen LogP contribution in [0.2, 0.25) is 0 Å². The zero-order valence-corrected chi connectivity index (χ0v) is 13.8. The number of rotatable bonds is 6. The van der Waals surface area contributed by atoms with Gasteiger partial charge in [0, 0.05) is 45.0 Å². The van der Waals surface area contributed by atoms with Crippen molar-refractivity contribution in [3.05, 3.63) is 41.5 Å². The van der Waals surface area contributed by atoms with Crippen LogP contribution in [0.4, 0.5) is 5.69 Å². The van der Waals surface area contributed by atoms with Gasteiger partial charge in [-0.3, -0.25) is 4.90 Å². The second kappa shape index (κ2) is 7.62. The van der Waals surface area contributed by atoms with Crippen molar-refractivity contribution in [1.29, 1.82) is 0 Å². The van der Waals surface area contributed by atoms with Crippen LogP contribution in [0.5, 0.6) is 0 Å². The second-order valence-electron chi connectivity index (χ2n) is 6.01. The molecular weight excluding hydrogens is 258 g/mol. The van der Waals surface area contributed by atoms with Crippen molar-refractivity contribution in [2.24, 2.45) is 0 Å². The Morgan fingerprint density at radius 2 is 1.90 bits per heavy atom. The van der Waals surface area contributed by atoms with Gasteiger partial charge in [-0.1, -0.05) is 25.6 Å². The van der Waals surface area contributed by atoms with Gasteiger partial charge in [-0.15, -0.1) is 0 Å². The highest BCUT2D eigenvalue weighted by Crippen LogP contribution is 2.23. The number of benzene rings is 1. The maximum Gasteiger partial charge on any atom is 0.0399 e. The van der Waals surface area contributed by atoms with Crippen LogP contribution in [0.15, 0.2) is 30.4 Å². The summed E-state index contributed by atoms with van der Waals surface area (Å²) in [7, 11) is 0. The molecule has 3 nitrogen and oxygen atoms in total. The fourth-order valence-corrected chi connectivity index (χ4v) is 2.90. The van der Waals surface area contributed by atoms with Crippen molar-refractivity contribution in [2.75, 3.05) is 50.7 Å². The van der Waals surface area contributed by atoms with Crippen molar-refractivity contribution in [3.63, 3.8) is 0 Å². The average Bonchev–Trinajstić information content (AvgIpc) is 2.49. The first-order valence-corrected chi connectivity index (χ1v) is 8.02. The highest BCUT2D eigenvalue weighted by atomic mass is 15.3. The third kappa shape index (κ3) is 4.32. The lowest BCUT2D eigenvalue weighted by Gasteiger charge is -2.37. The van der Waals surface area contributed by atoms with Gasteiger partial charge in [-0.2, -0.15) is 0 Å². The quantitative estimate of drug-likeness (QED) is 0.811. The fraction of sp³-hybridized carbons (Fsp3) is 0.556. The van der Waals surface area contributed by atoms with Gasteiger partial charge in [0.25, 0.3) is 0 Å². The van der Waals surface area contributed by atoms with Crippen LogP contribution in [0.3, 0.4) is 0 Å². The maximum absolute atomic E-state index is 4.17. The van der Waals surface area contributed by atoms with E-state index in [1.54, 1.807) is 0 Å². The van der Waals surface area contributed by atoms with Crippen molar-refractivity contribution in [1.82, 2.24) is 10.2 Å². The Morgan fingerprint density at radius 3 is 2.57 bits per heavy atom. The Hall–Kier alpha value is -1.32. The van der Waals surface area contributed by atoms with E-state index in [4.69, 9.17) is 0 Å². The molecule has 1 aromatic carbocycles. The molecule has 0 unspecified atom stereocenters. The molecule has 0 aliphatic carbocycles. The molecule has 0 saturated carbocycles. The first-order valence-electron chi connectivity index (χ1n) is 8.02. The monoisotopic (exact) mass is 287 g/mol. The highest BCUT2D eigenvalue weighted by Gasteiger charge is 2.18. The summed E-state index contributed by atoms with van der Waals surface area (Å²) in [6.45, 7) is 18.2. The fourth-order valence-electron chi connectivity index (χ4n) is 2.90. The number of nitrogens with one attached hydrogen (secondary N) is 1. The minimum absolute atomic E-state index is 0.938. The standard InChI is InChI=1S/C18H29N3/c1-5-19-13-15(2)14-20-9-11-21(12-10-20)18-8-6-7-16(3)17(18)4/h6-8,19H,2,5,9-14H2,1,3-4H3. The summed E-state index contributed by atoms with van der Waals surface area (Å²) in [4.78, 5) is 5.03. The summed E-state index contributed by atoms with van der Waals surface area (Å²) < 4.78 is 0. The zero-order valence-electron chi connectivity index (χ0n) is 13.8. The van der Waals surface area contributed by atoms with E-state index in [1.165, 1.54) is 22.4 Å². The Morgan fingerprint density at radius 1 is 1.19 bits per heavy atom. The molecular formula is C18H29N3. The molecule has 1 N–H and O–H groups in total. The van der Waals surface area contributed by atoms with Crippen molar-refractivity contribution in [2.45, 2.75) is 20.8 Å². The molecule has 0 aromatic heterocycles. The van der Waals surface area contributed by atoms with Gasteiger partial charge in [-0.25, -0.2) is 0 Å². The number of likely N-dealkylation sites (N-methyl/N-ethyl adjacent to an activating group) is 1. The normalized spacial score (nSPS) is 16.2. The second-order valence-corrected chi connectivity index (χ2v) is 6.01. The first kappa shape index (κ1) is 16.1. The summed E-state index contributed by atoms with van der Waals surface area (Å²) in [6.07, 6.45) is 0. The van der Waals surface area contributed by atoms with E-state index in [1.807, 2.05) is 0 Å². The molecule has 3 heteroatoms. The lowest BCUT2D eigenvalue weighted by atomic mass is 10.1. The van der Waals surface area contributed by atoms with Crippen LogP contribution in [0.1, 0.15) is 18.1 Å². The molecule has 1 aromatic rings. The van der Waals surface area contributed by atoms with E-state index in [0.717, 1.165) is 45.8 Å². The lowest BCUT2D eigenvalue weighted by molar-refractivity contribution is 0.276. The number of nitrogens with zero attached hydrogens (tertiary/aromatic N) is 2. The predicted octanol–water partition coefficient (Wildman–Crippen LogP) is 2.59. The van der Waals surface area contributed by atoms with E-state index in [2.05, 4.69) is 60.7 Å². The predicted molar refractivity (Wildman–Crippen MR) is 92.3 cm³/mol. The number of hydrogen-bond donors (Lipinski definition) is 1. The van der Waals surface area contributed by atoms with Gasteiger partial charge < -0.3 is 10.2 Å². The molecule has 0 bridgehead atoms. The third-order valence-corrected chi connectivity index (χ3v) is 4.36. The molecule has 2 rings (SSSR count). The van der Waals surface area contributed by atoms with Crippen LogP contribution in [-0.2, 0) is 0 Å². The van der Waals surface area contributed by atoms with Gasteiger partial charge in [0.1, 0.15) is 0 Å². The smallest absolute Gasteiger partial charge is 0.0399 e. The summed E-state index contributed by atoms with van der Waals surface area (Å²) in [5.41, 5.74) is 5.50. The molecule has 1 aliphatic heterocycles. The zero-order chi connectivity index (χ0) is 15.2. The SMILES string of the molecule is C=C(CNCC)CN1CCN(c2cccc(C)c2C)CC1. The molecule has 116 valence electrons. The largest absolute Gasteiger partial charge is 0.369 e. The minimum atomic E-state index is 0.938. The van der Waals surface area contributed by atoms with Crippen LogP contribution in [-0.4, -0.2) is 50.7 Å². The molecule has 0 atom stereocenters. The third-order valence-electron chi connectivity index (χ3n) is 4.36.